The first-order valence-electron chi connectivity index (χ1n) is 9.43. The second kappa shape index (κ2) is 9.06. The van der Waals surface area contributed by atoms with E-state index in [4.69, 9.17) is 4.74 Å². The average Bonchev–Trinajstić information content (AvgIpc) is 3.37. The number of aromatic nitrogens is 3. The Morgan fingerprint density at radius 3 is 2.33 bits per heavy atom. The maximum atomic E-state index is 5.80. The Labute approximate surface area is 164 Å². The standard InChI is InChI=1S/C21H24N4OS/c1-3-9-18(10-4-1)25-20(17-24-13-7-8-14-24)22-23-21(25)27-16-15-26-19-11-5-2-6-12-19/h1-6,9-12H,7-8,13-17H2. The lowest BCUT2D eigenvalue weighted by molar-refractivity contribution is 0.319. The van der Waals surface area contributed by atoms with Crippen molar-refractivity contribution in [1.29, 1.82) is 0 Å². The van der Waals surface area contributed by atoms with Gasteiger partial charge >= 0.3 is 0 Å². The van der Waals surface area contributed by atoms with Crippen LogP contribution in [0.15, 0.2) is 65.8 Å². The first-order valence-corrected chi connectivity index (χ1v) is 10.4. The van der Waals surface area contributed by atoms with E-state index in [9.17, 15) is 0 Å². The molecule has 0 radical (unpaired) electrons. The number of rotatable bonds is 8. The van der Waals surface area contributed by atoms with Crippen LogP contribution in [0.2, 0.25) is 0 Å². The maximum Gasteiger partial charge on any atom is 0.195 e. The van der Waals surface area contributed by atoms with Gasteiger partial charge in [-0.1, -0.05) is 48.2 Å². The predicted molar refractivity (Wildman–Crippen MR) is 109 cm³/mol. The average molecular weight is 381 g/mol. The summed E-state index contributed by atoms with van der Waals surface area (Å²) in [5.74, 6) is 2.73. The molecule has 0 unspecified atom stereocenters. The Balaban J connectivity index is 1.45. The van der Waals surface area contributed by atoms with E-state index in [0.29, 0.717) is 6.61 Å². The molecule has 5 nitrogen and oxygen atoms in total. The van der Waals surface area contributed by atoms with Gasteiger partial charge in [0.1, 0.15) is 5.75 Å². The molecule has 0 spiro atoms. The third-order valence-corrected chi connectivity index (χ3v) is 5.50. The fraction of sp³-hybridized carbons (Fsp3) is 0.333. The minimum absolute atomic E-state index is 0.637. The van der Waals surface area contributed by atoms with Crippen LogP contribution in [0.3, 0.4) is 0 Å². The molecule has 2 heterocycles. The van der Waals surface area contributed by atoms with Gasteiger partial charge in [-0.05, 0) is 50.2 Å². The van der Waals surface area contributed by atoms with Crippen molar-refractivity contribution >= 4 is 11.8 Å². The minimum atomic E-state index is 0.637. The normalized spacial score (nSPS) is 14.5. The van der Waals surface area contributed by atoms with Crippen molar-refractivity contribution in [3.63, 3.8) is 0 Å². The van der Waals surface area contributed by atoms with Crippen LogP contribution < -0.4 is 4.74 Å². The molecule has 2 aromatic carbocycles. The SMILES string of the molecule is c1ccc(OCCSc2nnc(CN3CCCC3)n2-c2ccccc2)cc1. The topological polar surface area (TPSA) is 43.2 Å². The van der Waals surface area contributed by atoms with Gasteiger partial charge in [-0.15, -0.1) is 10.2 Å². The summed E-state index contributed by atoms with van der Waals surface area (Å²) in [6, 6.07) is 20.3. The van der Waals surface area contributed by atoms with Gasteiger partial charge in [-0.3, -0.25) is 9.47 Å². The molecule has 1 aromatic heterocycles. The van der Waals surface area contributed by atoms with Crippen molar-refractivity contribution in [2.45, 2.75) is 24.5 Å². The highest BCUT2D eigenvalue weighted by molar-refractivity contribution is 7.99. The smallest absolute Gasteiger partial charge is 0.195 e. The Hall–Kier alpha value is -2.31. The van der Waals surface area contributed by atoms with E-state index in [1.807, 2.05) is 36.4 Å². The van der Waals surface area contributed by atoms with Gasteiger partial charge in [0.25, 0.3) is 0 Å². The highest BCUT2D eigenvalue weighted by Crippen LogP contribution is 2.24. The Morgan fingerprint density at radius 2 is 1.59 bits per heavy atom. The highest BCUT2D eigenvalue weighted by atomic mass is 32.2. The van der Waals surface area contributed by atoms with E-state index >= 15 is 0 Å². The molecule has 0 bridgehead atoms. The molecule has 3 aromatic rings. The molecule has 1 fully saturated rings. The first-order chi connectivity index (χ1) is 13.4. The number of benzene rings is 2. The van der Waals surface area contributed by atoms with Gasteiger partial charge in [0.15, 0.2) is 11.0 Å². The molecule has 1 aliphatic rings. The van der Waals surface area contributed by atoms with Crippen LogP contribution in [-0.4, -0.2) is 45.1 Å². The number of hydrogen-bond acceptors (Lipinski definition) is 5. The first kappa shape index (κ1) is 18.1. The van der Waals surface area contributed by atoms with E-state index in [-0.39, 0.29) is 0 Å². The zero-order chi connectivity index (χ0) is 18.3. The molecule has 27 heavy (non-hydrogen) atoms. The van der Waals surface area contributed by atoms with Crippen LogP contribution in [0, 0.1) is 0 Å². The molecular weight excluding hydrogens is 356 g/mol. The van der Waals surface area contributed by atoms with Gasteiger partial charge in [0.2, 0.25) is 0 Å². The predicted octanol–water partition coefficient (Wildman–Crippen LogP) is 4.03. The number of hydrogen-bond donors (Lipinski definition) is 0. The fourth-order valence-electron chi connectivity index (χ4n) is 3.28. The third-order valence-electron chi connectivity index (χ3n) is 4.60. The van der Waals surface area contributed by atoms with Crippen molar-refractivity contribution in [1.82, 2.24) is 19.7 Å². The molecule has 1 aliphatic heterocycles. The molecule has 1 saturated heterocycles. The largest absolute Gasteiger partial charge is 0.493 e. The summed E-state index contributed by atoms with van der Waals surface area (Å²) in [5, 5.41) is 9.90. The summed E-state index contributed by atoms with van der Waals surface area (Å²) >= 11 is 1.69. The van der Waals surface area contributed by atoms with Crippen LogP contribution in [0.4, 0.5) is 0 Å². The number of ether oxygens (including phenoxy) is 1. The van der Waals surface area contributed by atoms with Crippen LogP contribution in [0.5, 0.6) is 5.75 Å². The van der Waals surface area contributed by atoms with E-state index < -0.39 is 0 Å². The molecule has 0 atom stereocenters. The lowest BCUT2D eigenvalue weighted by Gasteiger charge is -2.16. The summed E-state index contributed by atoms with van der Waals surface area (Å²) in [4.78, 5) is 2.45. The second-order valence-corrected chi connectivity index (χ2v) is 7.63. The molecule has 6 heteroatoms. The molecule has 0 saturated carbocycles. The Kier molecular flexibility index (Phi) is 6.06. The van der Waals surface area contributed by atoms with E-state index in [2.05, 4.69) is 43.9 Å². The van der Waals surface area contributed by atoms with Crippen LogP contribution >= 0.6 is 11.8 Å². The van der Waals surface area contributed by atoms with Crippen molar-refractivity contribution in [2.75, 3.05) is 25.4 Å². The minimum Gasteiger partial charge on any atom is -0.493 e. The second-order valence-electron chi connectivity index (χ2n) is 6.56. The van der Waals surface area contributed by atoms with Gasteiger partial charge in [0.05, 0.1) is 13.2 Å². The summed E-state index contributed by atoms with van der Waals surface area (Å²) in [5.41, 5.74) is 1.11. The monoisotopic (exact) mass is 380 g/mol. The van der Waals surface area contributed by atoms with Crippen molar-refractivity contribution in [3.05, 3.63) is 66.5 Å². The molecular formula is C21H24N4OS. The number of nitrogens with zero attached hydrogens (tertiary/aromatic N) is 4. The lowest BCUT2D eigenvalue weighted by atomic mass is 10.3. The zero-order valence-electron chi connectivity index (χ0n) is 15.3. The van der Waals surface area contributed by atoms with Crippen LogP contribution in [0.25, 0.3) is 5.69 Å². The zero-order valence-corrected chi connectivity index (χ0v) is 16.1. The third kappa shape index (κ3) is 4.70. The van der Waals surface area contributed by atoms with Crippen molar-refractivity contribution < 1.29 is 4.74 Å². The quantitative estimate of drug-likeness (QED) is 0.436. The Bertz CT molecular complexity index is 832. The molecule has 0 aliphatic carbocycles. The number of thioether (sulfide) groups is 1. The lowest BCUT2D eigenvalue weighted by Crippen LogP contribution is -2.21. The molecule has 0 N–H and O–H groups in total. The van der Waals surface area contributed by atoms with Gasteiger partial charge in [-0.25, -0.2) is 0 Å². The van der Waals surface area contributed by atoms with Gasteiger partial charge in [-0.2, -0.15) is 0 Å². The van der Waals surface area contributed by atoms with Crippen molar-refractivity contribution in [2.24, 2.45) is 0 Å². The molecule has 140 valence electrons. The van der Waals surface area contributed by atoms with Gasteiger partial charge < -0.3 is 4.74 Å². The molecule has 4 rings (SSSR count). The fourth-order valence-corrected chi connectivity index (χ4v) is 4.07. The summed E-state index contributed by atoms with van der Waals surface area (Å²) in [7, 11) is 0. The van der Waals surface area contributed by atoms with E-state index in [1.165, 1.54) is 12.8 Å². The van der Waals surface area contributed by atoms with E-state index in [1.54, 1.807) is 11.8 Å². The van der Waals surface area contributed by atoms with E-state index in [0.717, 1.165) is 47.8 Å². The van der Waals surface area contributed by atoms with Crippen LogP contribution in [0.1, 0.15) is 18.7 Å². The Morgan fingerprint density at radius 1 is 0.889 bits per heavy atom. The highest BCUT2D eigenvalue weighted by Gasteiger charge is 2.19. The molecule has 0 amide bonds. The van der Waals surface area contributed by atoms with Crippen LogP contribution in [-0.2, 0) is 6.54 Å². The van der Waals surface area contributed by atoms with Crippen molar-refractivity contribution in [3.8, 4) is 11.4 Å². The number of likely N-dealkylation sites (tertiary alicyclic amines) is 1. The summed E-state index contributed by atoms with van der Waals surface area (Å²) < 4.78 is 7.99. The van der Waals surface area contributed by atoms with Gasteiger partial charge in [0, 0.05) is 11.4 Å². The maximum absolute atomic E-state index is 5.80. The number of para-hydroxylation sites is 2. The summed E-state index contributed by atoms with van der Waals surface area (Å²) in [6.45, 7) is 3.78. The summed E-state index contributed by atoms with van der Waals surface area (Å²) in [6.07, 6.45) is 2.55.